The summed E-state index contributed by atoms with van der Waals surface area (Å²) in [4.78, 5) is 14.6. The maximum atomic E-state index is 12.8. The fourth-order valence-electron chi connectivity index (χ4n) is 2.84. The van der Waals surface area contributed by atoms with Gasteiger partial charge in [0.1, 0.15) is 4.90 Å². The number of sulfone groups is 1. The lowest BCUT2D eigenvalue weighted by atomic mass is 10.1. The normalized spacial score (nSPS) is 15.9. The zero-order valence-electron chi connectivity index (χ0n) is 13.6. The lowest BCUT2D eigenvalue weighted by molar-refractivity contribution is -0.117. The van der Waals surface area contributed by atoms with Gasteiger partial charge >= 0.3 is 0 Å². The van der Waals surface area contributed by atoms with E-state index in [-0.39, 0.29) is 22.2 Å². The highest BCUT2D eigenvalue weighted by Crippen LogP contribution is 2.31. The Morgan fingerprint density at radius 1 is 1.12 bits per heavy atom. The van der Waals surface area contributed by atoms with E-state index in [2.05, 4.69) is 10.2 Å². The van der Waals surface area contributed by atoms with E-state index in [9.17, 15) is 13.2 Å². The molecule has 1 fully saturated rings. The lowest BCUT2D eigenvalue weighted by Crippen LogP contribution is -2.36. The van der Waals surface area contributed by atoms with Gasteiger partial charge in [0, 0.05) is 15.8 Å². The minimum absolute atomic E-state index is 0.117. The molecule has 0 spiro atoms. The van der Waals surface area contributed by atoms with Crippen molar-refractivity contribution in [1.29, 1.82) is 0 Å². The first-order valence-corrected chi connectivity index (χ1v) is 10.9. The maximum Gasteiger partial charge on any atom is 0.238 e. The number of carbonyl (C=O) groups excluding carboxylic acids is 1. The Morgan fingerprint density at radius 3 is 2.48 bits per heavy atom. The van der Waals surface area contributed by atoms with Crippen LogP contribution in [0.1, 0.15) is 19.3 Å². The van der Waals surface area contributed by atoms with Gasteiger partial charge in [0.2, 0.25) is 15.7 Å². The first-order chi connectivity index (χ1) is 12.0. The summed E-state index contributed by atoms with van der Waals surface area (Å²) in [5.41, 5.74) is 0.335. The number of piperidine rings is 1. The van der Waals surface area contributed by atoms with Gasteiger partial charge in [0.25, 0.3) is 0 Å². The van der Waals surface area contributed by atoms with Crippen molar-refractivity contribution < 1.29 is 13.2 Å². The van der Waals surface area contributed by atoms with Gasteiger partial charge in [0.05, 0.1) is 17.1 Å². The predicted molar refractivity (Wildman–Crippen MR) is 100 cm³/mol. The standard InChI is InChI=1S/C17H19ClN2O3S2/c18-13-4-6-14(7-5-13)25(22,23)16-12-24-11-15(16)19-17(21)10-20-8-2-1-3-9-20/h4-7,11-12H,1-3,8-10H2,(H,19,21). The molecule has 25 heavy (non-hydrogen) atoms. The molecule has 1 aliphatic heterocycles. The molecule has 5 nitrogen and oxygen atoms in total. The Hall–Kier alpha value is -1.41. The van der Waals surface area contributed by atoms with Crippen molar-refractivity contribution in [2.75, 3.05) is 25.0 Å². The molecule has 2 heterocycles. The Kier molecular flexibility index (Phi) is 5.78. The molecule has 0 unspecified atom stereocenters. The molecule has 2 aromatic rings. The van der Waals surface area contributed by atoms with Gasteiger partial charge in [-0.25, -0.2) is 8.42 Å². The molecule has 1 amide bonds. The van der Waals surface area contributed by atoms with E-state index in [1.54, 1.807) is 10.8 Å². The summed E-state index contributed by atoms with van der Waals surface area (Å²) in [6.45, 7) is 2.11. The quantitative estimate of drug-likeness (QED) is 0.834. The summed E-state index contributed by atoms with van der Waals surface area (Å²) >= 11 is 7.07. The molecule has 8 heteroatoms. The highest BCUT2D eigenvalue weighted by molar-refractivity contribution is 7.91. The van der Waals surface area contributed by atoms with E-state index < -0.39 is 9.84 Å². The fourth-order valence-corrected chi connectivity index (χ4v) is 5.50. The summed E-state index contributed by atoms with van der Waals surface area (Å²) in [5, 5.41) is 6.41. The van der Waals surface area contributed by atoms with Crippen molar-refractivity contribution in [3.8, 4) is 0 Å². The average molecular weight is 399 g/mol. The molecule has 1 aromatic carbocycles. The first-order valence-electron chi connectivity index (χ1n) is 8.06. The smallest absolute Gasteiger partial charge is 0.238 e. The summed E-state index contributed by atoms with van der Waals surface area (Å²) in [5.74, 6) is -0.187. The van der Waals surface area contributed by atoms with Crippen LogP contribution in [0.2, 0.25) is 5.02 Å². The lowest BCUT2D eigenvalue weighted by Gasteiger charge is -2.25. The van der Waals surface area contributed by atoms with Crippen LogP contribution in [0.15, 0.2) is 44.8 Å². The number of nitrogens with zero attached hydrogens (tertiary/aromatic N) is 1. The van der Waals surface area contributed by atoms with Crippen LogP contribution >= 0.6 is 22.9 Å². The minimum Gasteiger partial charge on any atom is -0.323 e. The van der Waals surface area contributed by atoms with Crippen LogP contribution in [-0.4, -0.2) is 38.9 Å². The summed E-state index contributed by atoms with van der Waals surface area (Å²) in [7, 11) is -3.70. The fraction of sp³-hybridized carbons (Fsp3) is 0.353. The topological polar surface area (TPSA) is 66.5 Å². The molecule has 0 bridgehead atoms. The molecule has 134 valence electrons. The zero-order chi connectivity index (χ0) is 17.9. The van der Waals surface area contributed by atoms with E-state index in [0.717, 1.165) is 25.9 Å². The van der Waals surface area contributed by atoms with Gasteiger partial charge < -0.3 is 5.32 Å². The number of hydrogen-bond acceptors (Lipinski definition) is 5. The van der Waals surface area contributed by atoms with E-state index in [0.29, 0.717) is 10.7 Å². The molecule has 1 aromatic heterocycles. The number of carbonyl (C=O) groups is 1. The number of likely N-dealkylation sites (tertiary alicyclic amines) is 1. The molecular weight excluding hydrogens is 380 g/mol. The third-order valence-corrected chi connectivity index (χ3v) is 7.08. The van der Waals surface area contributed by atoms with Crippen LogP contribution in [0.3, 0.4) is 0 Å². The first kappa shape index (κ1) is 18.4. The summed E-state index contributed by atoms with van der Waals surface area (Å²) < 4.78 is 25.6. The highest BCUT2D eigenvalue weighted by Gasteiger charge is 2.24. The van der Waals surface area contributed by atoms with Crippen molar-refractivity contribution >= 4 is 44.4 Å². The van der Waals surface area contributed by atoms with Gasteiger partial charge in [-0.15, -0.1) is 11.3 Å². The number of benzene rings is 1. The van der Waals surface area contributed by atoms with Crippen LogP contribution in [0.4, 0.5) is 5.69 Å². The van der Waals surface area contributed by atoms with Crippen molar-refractivity contribution in [3.05, 3.63) is 40.0 Å². The number of thiophene rings is 1. The van der Waals surface area contributed by atoms with Crippen molar-refractivity contribution in [2.24, 2.45) is 0 Å². The molecule has 0 saturated carbocycles. The van der Waals surface area contributed by atoms with Crippen molar-refractivity contribution in [2.45, 2.75) is 29.1 Å². The minimum atomic E-state index is -3.70. The summed E-state index contributed by atoms with van der Waals surface area (Å²) in [6.07, 6.45) is 3.40. The number of amides is 1. The summed E-state index contributed by atoms with van der Waals surface area (Å²) in [6, 6.07) is 6.01. The Bertz CT molecular complexity index is 841. The van der Waals surface area contributed by atoms with Crippen LogP contribution in [0, 0.1) is 0 Å². The van der Waals surface area contributed by atoms with Crippen LogP contribution in [0.25, 0.3) is 0 Å². The van der Waals surface area contributed by atoms with Crippen LogP contribution in [-0.2, 0) is 14.6 Å². The third-order valence-electron chi connectivity index (χ3n) is 4.13. The molecule has 0 atom stereocenters. The van der Waals surface area contributed by atoms with Crippen molar-refractivity contribution in [1.82, 2.24) is 4.90 Å². The van der Waals surface area contributed by atoms with Gasteiger partial charge in [-0.05, 0) is 50.2 Å². The van der Waals surface area contributed by atoms with Gasteiger partial charge in [-0.1, -0.05) is 18.0 Å². The number of halogens is 1. The largest absolute Gasteiger partial charge is 0.323 e. The molecule has 0 radical (unpaired) electrons. The predicted octanol–water partition coefficient (Wildman–Crippen LogP) is 3.66. The number of rotatable bonds is 5. The Balaban J connectivity index is 1.75. The molecular formula is C17H19ClN2O3S2. The number of hydrogen-bond donors (Lipinski definition) is 1. The second-order valence-corrected chi connectivity index (χ2v) is 9.09. The SMILES string of the molecule is O=C(CN1CCCCC1)Nc1cscc1S(=O)(=O)c1ccc(Cl)cc1. The van der Waals surface area contributed by atoms with Gasteiger partial charge in [-0.2, -0.15) is 0 Å². The third kappa shape index (κ3) is 4.41. The second kappa shape index (κ2) is 7.86. The Labute approximate surface area is 156 Å². The van der Waals surface area contributed by atoms with E-state index in [1.807, 2.05) is 0 Å². The molecule has 3 rings (SSSR count). The van der Waals surface area contributed by atoms with Crippen LogP contribution in [0.5, 0.6) is 0 Å². The van der Waals surface area contributed by atoms with Gasteiger partial charge in [0.15, 0.2) is 0 Å². The monoisotopic (exact) mass is 398 g/mol. The zero-order valence-corrected chi connectivity index (χ0v) is 16.0. The van der Waals surface area contributed by atoms with Gasteiger partial charge in [-0.3, -0.25) is 9.69 Å². The van der Waals surface area contributed by atoms with Crippen molar-refractivity contribution in [3.63, 3.8) is 0 Å². The van der Waals surface area contributed by atoms with Crippen LogP contribution < -0.4 is 5.32 Å². The van der Waals surface area contributed by atoms with E-state index >= 15 is 0 Å². The maximum absolute atomic E-state index is 12.8. The number of anilines is 1. The highest BCUT2D eigenvalue weighted by atomic mass is 35.5. The molecule has 1 saturated heterocycles. The average Bonchev–Trinajstić information content (AvgIpc) is 3.05. The number of nitrogens with one attached hydrogen (secondary N) is 1. The van der Waals surface area contributed by atoms with E-state index in [1.165, 1.54) is 42.0 Å². The Morgan fingerprint density at radius 2 is 1.80 bits per heavy atom. The second-order valence-electron chi connectivity index (χ2n) is 5.99. The molecule has 0 aliphatic carbocycles. The molecule has 1 N–H and O–H groups in total. The molecule has 1 aliphatic rings. The van der Waals surface area contributed by atoms with E-state index in [4.69, 9.17) is 11.6 Å².